The third kappa shape index (κ3) is 9.28. The minimum absolute atomic E-state index is 0. The van der Waals surface area contributed by atoms with Gasteiger partial charge < -0.3 is 21.3 Å². The van der Waals surface area contributed by atoms with Gasteiger partial charge in [-0.3, -0.25) is 14.6 Å². The number of carbonyl (C=O) groups is 2. The van der Waals surface area contributed by atoms with E-state index < -0.39 is 0 Å². The molecule has 7 nitrogen and oxygen atoms in total. The third-order valence-electron chi connectivity index (χ3n) is 3.33. The van der Waals surface area contributed by atoms with Crippen molar-refractivity contribution in [2.24, 2.45) is 4.99 Å². The van der Waals surface area contributed by atoms with Gasteiger partial charge in [0.05, 0.1) is 6.54 Å². The first-order chi connectivity index (χ1) is 11.6. The van der Waals surface area contributed by atoms with Gasteiger partial charge in [-0.2, -0.15) is 0 Å². The Hall–Kier alpha value is -1.84. The van der Waals surface area contributed by atoms with Crippen LogP contribution in [0.1, 0.15) is 29.3 Å². The number of aliphatic imine (C=N–C) groups is 1. The Kier molecular flexibility index (Phi) is 12.5. The van der Waals surface area contributed by atoms with Crippen LogP contribution in [-0.4, -0.2) is 51.5 Å². The van der Waals surface area contributed by atoms with E-state index in [9.17, 15) is 9.59 Å². The summed E-state index contributed by atoms with van der Waals surface area (Å²) in [5, 5.41) is 11.5. The lowest BCUT2D eigenvalue weighted by Gasteiger charge is -2.12. The Morgan fingerprint density at radius 2 is 1.88 bits per heavy atom. The van der Waals surface area contributed by atoms with E-state index in [0.717, 1.165) is 18.4 Å². The molecule has 0 fully saturated rings. The molecule has 0 atom stereocenters. The topological polar surface area (TPSA) is 94.6 Å². The van der Waals surface area contributed by atoms with Gasteiger partial charge in [0, 0.05) is 32.7 Å². The molecule has 0 bridgehead atoms. The zero-order chi connectivity index (χ0) is 17.8. The first-order valence-corrected chi connectivity index (χ1v) is 8.13. The van der Waals surface area contributed by atoms with Gasteiger partial charge in [0.2, 0.25) is 5.91 Å². The quantitative estimate of drug-likeness (QED) is 0.263. The highest BCUT2D eigenvalue weighted by Crippen LogP contribution is 2.05. The van der Waals surface area contributed by atoms with Crippen molar-refractivity contribution in [1.82, 2.24) is 21.3 Å². The van der Waals surface area contributed by atoms with E-state index in [0.29, 0.717) is 24.6 Å². The molecule has 140 valence electrons. The molecule has 1 aromatic carbocycles. The van der Waals surface area contributed by atoms with Gasteiger partial charge in [0.25, 0.3) is 5.91 Å². The van der Waals surface area contributed by atoms with Gasteiger partial charge in [-0.05, 0) is 30.5 Å². The molecule has 8 heteroatoms. The Morgan fingerprint density at radius 1 is 1.12 bits per heavy atom. The van der Waals surface area contributed by atoms with Crippen LogP contribution in [0.3, 0.4) is 0 Å². The van der Waals surface area contributed by atoms with E-state index in [1.165, 1.54) is 0 Å². The number of carbonyl (C=O) groups excluding carboxylic acids is 2. The maximum Gasteiger partial charge on any atom is 0.251 e. The van der Waals surface area contributed by atoms with Gasteiger partial charge in [-0.25, -0.2) is 0 Å². The van der Waals surface area contributed by atoms with Crippen LogP contribution >= 0.6 is 24.0 Å². The molecule has 0 heterocycles. The van der Waals surface area contributed by atoms with Gasteiger partial charge >= 0.3 is 0 Å². The number of guanidine groups is 1. The van der Waals surface area contributed by atoms with E-state index in [1.54, 1.807) is 20.2 Å². The van der Waals surface area contributed by atoms with Crippen LogP contribution in [0.15, 0.2) is 29.3 Å². The molecule has 4 N–H and O–H groups in total. The SMILES string of the molecule is CCCNC(=O)CNC(=NC)NCCc1cccc(C(=O)NC)c1.I. The molecule has 0 aliphatic rings. The standard InChI is InChI=1S/C17H27N5O2.HI/c1-4-9-20-15(23)12-22-17(19-3)21-10-8-13-6-5-7-14(11-13)16(24)18-2;/h5-7,11H,4,8-10,12H2,1-3H3,(H,18,24)(H,20,23)(H2,19,21,22);1H. The van der Waals surface area contributed by atoms with Crippen LogP contribution in [0.2, 0.25) is 0 Å². The molecule has 0 aromatic heterocycles. The predicted molar refractivity (Wildman–Crippen MR) is 112 cm³/mol. The van der Waals surface area contributed by atoms with Crippen LogP contribution in [-0.2, 0) is 11.2 Å². The number of nitrogens with one attached hydrogen (secondary N) is 4. The van der Waals surface area contributed by atoms with Crippen LogP contribution in [0, 0.1) is 0 Å². The van der Waals surface area contributed by atoms with Gasteiger partial charge in [0.15, 0.2) is 5.96 Å². The molecular weight excluding hydrogens is 433 g/mol. The first kappa shape index (κ1) is 23.2. The smallest absolute Gasteiger partial charge is 0.251 e. The third-order valence-corrected chi connectivity index (χ3v) is 3.33. The molecule has 0 saturated heterocycles. The molecule has 0 saturated carbocycles. The molecule has 25 heavy (non-hydrogen) atoms. The Bertz CT molecular complexity index is 578. The Morgan fingerprint density at radius 3 is 2.52 bits per heavy atom. The summed E-state index contributed by atoms with van der Waals surface area (Å²) in [5.74, 6) is 0.419. The number of hydrogen-bond acceptors (Lipinski definition) is 3. The maximum absolute atomic E-state index is 11.6. The van der Waals surface area contributed by atoms with E-state index in [-0.39, 0.29) is 42.3 Å². The molecule has 2 amide bonds. The Balaban J connectivity index is 0.00000576. The van der Waals surface area contributed by atoms with Crippen molar-refractivity contribution in [2.45, 2.75) is 19.8 Å². The largest absolute Gasteiger partial charge is 0.356 e. The molecule has 1 rings (SSSR count). The molecule has 1 aromatic rings. The van der Waals surface area contributed by atoms with E-state index in [1.807, 2.05) is 25.1 Å². The second-order valence-corrected chi connectivity index (χ2v) is 5.23. The molecule has 0 spiro atoms. The van der Waals surface area contributed by atoms with Crippen LogP contribution in [0.5, 0.6) is 0 Å². The summed E-state index contributed by atoms with van der Waals surface area (Å²) in [4.78, 5) is 27.3. The summed E-state index contributed by atoms with van der Waals surface area (Å²) in [5.41, 5.74) is 1.70. The molecule has 0 radical (unpaired) electrons. The summed E-state index contributed by atoms with van der Waals surface area (Å²) in [6.07, 6.45) is 1.65. The predicted octanol–water partition coefficient (Wildman–Crippen LogP) is 0.898. The molecule has 0 aliphatic carbocycles. The van der Waals surface area contributed by atoms with Gasteiger partial charge in [-0.15, -0.1) is 24.0 Å². The minimum Gasteiger partial charge on any atom is -0.356 e. The van der Waals surface area contributed by atoms with Crippen molar-refractivity contribution in [3.8, 4) is 0 Å². The average molecular weight is 461 g/mol. The highest BCUT2D eigenvalue weighted by molar-refractivity contribution is 14.0. The molecular formula is C17H28IN5O2. The molecule has 0 aliphatic heterocycles. The highest BCUT2D eigenvalue weighted by atomic mass is 127. The number of benzene rings is 1. The summed E-state index contributed by atoms with van der Waals surface area (Å²) in [6.45, 7) is 3.51. The lowest BCUT2D eigenvalue weighted by atomic mass is 10.1. The summed E-state index contributed by atoms with van der Waals surface area (Å²) < 4.78 is 0. The fourth-order valence-corrected chi connectivity index (χ4v) is 2.05. The van der Waals surface area contributed by atoms with Gasteiger partial charge in [0.1, 0.15) is 0 Å². The number of amides is 2. The van der Waals surface area contributed by atoms with Crippen molar-refractivity contribution in [1.29, 1.82) is 0 Å². The van der Waals surface area contributed by atoms with Crippen molar-refractivity contribution in [2.75, 3.05) is 33.7 Å². The first-order valence-electron chi connectivity index (χ1n) is 8.13. The minimum atomic E-state index is -0.0969. The lowest BCUT2D eigenvalue weighted by Crippen LogP contribution is -2.43. The van der Waals surface area contributed by atoms with Crippen molar-refractivity contribution in [3.05, 3.63) is 35.4 Å². The van der Waals surface area contributed by atoms with Crippen molar-refractivity contribution < 1.29 is 9.59 Å². The monoisotopic (exact) mass is 461 g/mol. The Labute approximate surface area is 166 Å². The normalized spacial score (nSPS) is 10.4. The zero-order valence-corrected chi connectivity index (χ0v) is 17.3. The average Bonchev–Trinajstić information content (AvgIpc) is 2.62. The van der Waals surface area contributed by atoms with E-state index in [2.05, 4.69) is 26.3 Å². The lowest BCUT2D eigenvalue weighted by molar-refractivity contribution is -0.120. The van der Waals surface area contributed by atoms with Crippen molar-refractivity contribution >= 4 is 41.8 Å². The van der Waals surface area contributed by atoms with Crippen molar-refractivity contribution in [3.63, 3.8) is 0 Å². The van der Waals surface area contributed by atoms with Gasteiger partial charge in [-0.1, -0.05) is 19.1 Å². The summed E-state index contributed by atoms with van der Waals surface area (Å²) in [7, 11) is 3.27. The zero-order valence-electron chi connectivity index (χ0n) is 15.0. The van der Waals surface area contributed by atoms with Crippen LogP contribution in [0.4, 0.5) is 0 Å². The number of rotatable bonds is 8. The summed E-state index contributed by atoms with van der Waals surface area (Å²) >= 11 is 0. The van der Waals surface area contributed by atoms with Crippen LogP contribution < -0.4 is 21.3 Å². The fraction of sp³-hybridized carbons (Fsp3) is 0.471. The number of nitrogens with zero attached hydrogens (tertiary/aromatic N) is 1. The number of hydrogen-bond donors (Lipinski definition) is 4. The summed E-state index contributed by atoms with van der Waals surface area (Å²) in [6, 6.07) is 7.49. The fourth-order valence-electron chi connectivity index (χ4n) is 2.05. The highest BCUT2D eigenvalue weighted by Gasteiger charge is 2.05. The second-order valence-electron chi connectivity index (χ2n) is 5.23. The molecule has 0 unspecified atom stereocenters. The van der Waals surface area contributed by atoms with E-state index >= 15 is 0 Å². The van der Waals surface area contributed by atoms with Crippen LogP contribution in [0.25, 0.3) is 0 Å². The maximum atomic E-state index is 11.6. The number of halogens is 1. The second kappa shape index (κ2) is 13.5. The van der Waals surface area contributed by atoms with E-state index in [4.69, 9.17) is 0 Å².